The number of furan rings is 1. The first-order valence-electron chi connectivity index (χ1n) is 10.4. The number of nitrogens with one attached hydrogen (secondary N) is 1. The van der Waals surface area contributed by atoms with Crippen molar-refractivity contribution in [3.63, 3.8) is 0 Å². The number of hydrogen-bond acceptors (Lipinski definition) is 6. The second-order valence-electron chi connectivity index (χ2n) is 8.13. The van der Waals surface area contributed by atoms with Gasteiger partial charge in [-0.3, -0.25) is 14.5 Å². The Morgan fingerprint density at radius 1 is 1.09 bits per heavy atom. The first-order valence-corrected chi connectivity index (χ1v) is 10.4. The van der Waals surface area contributed by atoms with Crippen molar-refractivity contribution in [3.05, 3.63) is 59.4 Å². The van der Waals surface area contributed by atoms with Gasteiger partial charge in [0.25, 0.3) is 5.91 Å². The first-order chi connectivity index (χ1) is 15.4. The molecule has 1 atom stereocenters. The Labute approximate surface area is 184 Å². The highest BCUT2D eigenvalue weighted by Crippen LogP contribution is 2.37. The van der Waals surface area contributed by atoms with Gasteiger partial charge in [0.1, 0.15) is 11.1 Å². The molecule has 0 aliphatic carbocycles. The number of ketones is 1. The third kappa shape index (κ3) is 3.10. The number of ether oxygens (including phenoxy) is 2. The summed E-state index contributed by atoms with van der Waals surface area (Å²) in [5, 5.41) is 3.55. The molecule has 8 nitrogen and oxygen atoms in total. The van der Waals surface area contributed by atoms with Crippen LogP contribution in [0.4, 0.5) is 4.79 Å². The first kappa shape index (κ1) is 20.1. The van der Waals surface area contributed by atoms with Gasteiger partial charge in [-0.25, -0.2) is 4.79 Å². The Morgan fingerprint density at radius 2 is 1.84 bits per heavy atom. The lowest BCUT2D eigenvalue weighted by atomic mass is 9.91. The van der Waals surface area contributed by atoms with Gasteiger partial charge < -0.3 is 19.2 Å². The molecule has 2 aromatic carbocycles. The molecule has 1 N–H and O–H groups in total. The molecule has 1 fully saturated rings. The zero-order valence-corrected chi connectivity index (χ0v) is 17.8. The van der Waals surface area contributed by atoms with Crippen molar-refractivity contribution in [1.82, 2.24) is 10.2 Å². The number of fused-ring (bicyclic) bond motifs is 2. The molecule has 0 saturated carbocycles. The molecule has 3 amide bonds. The summed E-state index contributed by atoms with van der Waals surface area (Å²) >= 11 is 0. The van der Waals surface area contributed by atoms with Crippen molar-refractivity contribution in [2.75, 3.05) is 19.8 Å². The SMILES string of the molecule is Cc1c(C(=O)CN2C(=O)N[C@](C)(c3ccc4c(c3)OCCCO4)C2=O)oc2ccccc12. The van der Waals surface area contributed by atoms with E-state index in [1.807, 2.05) is 18.2 Å². The molecule has 0 bridgehead atoms. The van der Waals surface area contributed by atoms with Crippen LogP contribution in [0.1, 0.15) is 35.0 Å². The van der Waals surface area contributed by atoms with Crippen molar-refractivity contribution >= 4 is 28.7 Å². The number of benzene rings is 2. The molecule has 0 unspecified atom stereocenters. The summed E-state index contributed by atoms with van der Waals surface area (Å²) in [4.78, 5) is 39.9. The lowest BCUT2D eigenvalue weighted by Gasteiger charge is -2.23. The van der Waals surface area contributed by atoms with E-state index in [1.54, 1.807) is 38.1 Å². The van der Waals surface area contributed by atoms with E-state index < -0.39 is 29.8 Å². The minimum Gasteiger partial charge on any atom is -0.490 e. The average Bonchev–Trinajstić information content (AvgIpc) is 3.10. The molecule has 32 heavy (non-hydrogen) atoms. The number of carbonyl (C=O) groups excluding carboxylic acids is 3. The molecule has 2 aliphatic heterocycles. The fraction of sp³-hybridized carbons (Fsp3) is 0.292. The number of para-hydroxylation sites is 1. The van der Waals surface area contributed by atoms with Crippen LogP contribution < -0.4 is 14.8 Å². The standard InChI is InChI=1S/C24H22N2O6/c1-14-16-6-3-4-7-18(16)32-21(14)17(27)13-26-22(28)24(2,25-23(26)29)15-8-9-19-20(12-15)31-11-5-10-30-19/h3-4,6-9,12H,5,10-11,13H2,1-2H3,(H,25,29)/t24-/m1/s1. The van der Waals surface area contributed by atoms with Crippen molar-refractivity contribution in [1.29, 1.82) is 0 Å². The Kier molecular flexibility index (Phi) is 4.65. The van der Waals surface area contributed by atoms with Crippen molar-refractivity contribution in [2.45, 2.75) is 25.8 Å². The van der Waals surface area contributed by atoms with E-state index in [9.17, 15) is 14.4 Å². The summed E-state index contributed by atoms with van der Waals surface area (Å²) in [6, 6.07) is 11.8. The molecule has 2 aliphatic rings. The molecule has 0 radical (unpaired) electrons. The second kappa shape index (κ2) is 7.40. The van der Waals surface area contributed by atoms with Crippen LogP contribution in [0.2, 0.25) is 0 Å². The summed E-state index contributed by atoms with van der Waals surface area (Å²) in [6.45, 7) is 4.04. The van der Waals surface area contributed by atoms with Crippen LogP contribution >= 0.6 is 0 Å². The molecule has 164 valence electrons. The molecule has 3 aromatic rings. The maximum Gasteiger partial charge on any atom is 0.325 e. The average molecular weight is 434 g/mol. The summed E-state index contributed by atoms with van der Waals surface area (Å²) in [5.41, 5.74) is 0.492. The maximum atomic E-state index is 13.3. The molecular weight excluding hydrogens is 412 g/mol. The third-order valence-corrected chi connectivity index (χ3v) is 6.00. The Bertz CT molecular complexity index is 1260. The summed E-state index contributed by atoms with van der Waals surface area (Å²) < 4.78 is 17.1. The van der Waals surface area contributed by atoms with Crippen molar-refractivity contribution in [2.24, 2.45) is 0 Å². The topological polar surface area (TPSA) is 98.1 Å². The van der Waals surface area contributed by atoms with Crippen molar-refractivity contribution < 1.29 is 28.3 Å². The molecule has 3 heterocycles. The van der Waals surface area contributed by atoms with Gasteiger partial charge >= 0.3 is 6.03 Å². The number of hydrogen-bond donors (Lipinski definition) is 1. The van der Waals surface area contributed by atoms with Gasteiger partial charge in [-0.15, -0.1) is 0 Å². The van der Waals surface area contributed by atoms with Crippen LogP contribution in [0.15, 0.2) is 46.9 Å². The van der Waals surface area contributed by atoms with E-state index >= 15 is 0 Å². The van der Waals surface area contributed by atoms with E-state index in [1.165, 1.54) is 0 Å². The molecule has 1 saturated heterocycles. The van der Waals surface area contributed by atoms with Crippen LogP contribution in [0.5, 0.6) is 11.5 Å². The number of rotatable bonds is 4. The van der Waals surface area contributed by atoms with Gasteiger partial charge in [0.05, 0.1) is 19.8 Å². The van der Waals surface area contributed by atoms with Gasteiger partial charge in [-0.05, 0) is 37.6 Å². The molecule has 1 aromatic heterocycles. The van der Waals surface area contributed by atoms with E-state index in [0.717, 1.165) is 16.7 Å². The largest absolute Gasteiger partial charge is 0.490 e. The highest BCUT2D eigenvalue weighted by Gasteiger charge is 2.50. The predicted molar refractivity (Wildman–Crippen MR) is 115 cm³/mol. The van der Waals surface area contributed by atoms with Gasteiger partial charge in [0.2, 0.25) is 5.78 Å². The van der Waals surface area contributed by atoms with Crippen molar-refractivity contribution in [3.8, 4) is 11.5 Å². The lowest BCUT2D eigenvalue weighted by Crippen LogP contribution is -2.41. The molecular formula is C24H22N2O6. The normalized spacial score (nSPS) is 20.4. The monoisotopic (exact) mass is 434 g/mol. The second-order valence-corrected chi connectivity index (χ2v) is 8.13. The Balaban J connectivity index is 1.41. The van der Waals surface area contributed by atoms with E-state index in [4.69, 9.17) is 13.9 Å². The van der Waals surface area contributed by atoms with Gasteiger partial charge in [0.15, 0.2) is 17.3 Å². The number of amides is 3. The predicted octanol–water partition coefficient (Wildman–Crippen LogP) is 3.55. The van der Waals surface area contributed by atoms with Crippen LogP contribution in [-0.2, 0) is 10.3 Å². The van der Waals surface area contributed by atoms with E-state index in [2.05, 4.69) is 5.32 Å². The smallest absolute Gasteiger partial charge is 0.325 e. The highest BCUT2D eigenvalue weighted by molar-refractivity contribution is 6.11. The Morgan fingerprint density at radius 3 is 2.62 bits per heavy atom. The Hall–Kier alpha value is -3.81. The number of carbonyl (C=O) groups is 3. The minimum absolute atomic E-state index is 0.149. The molecule has 0 spiro atoms. The summed E-state index contributed by atoms with van der Waals surface area (Å²) in [7, 11) is 0. The van der Waals surface area contributed by atoms with Crippen LogP contribution in [-0.4, -0.2) is 42.4 Å². The number of aryl methyl sites for hydroxylation is 1. The molecule has 5 rings (SSSR count). The summed E-state index contributed by atoms with van der Waals surface area (Å²) in [5.74, 6) is 0.315. The highest BCUT2D eigenvalue weighted by atomic mass is 16.5. The van der Waals surface area contributed by atoms with E-state index in [-0.39, 0.29) is 5.76 Å². The number of imide groups is 1. The number of Topliss-reactive ketones (excluding diaryl/α,β-unsaturated/α-hetero) is 1. The fourth-order valence-corrected chi connectivity index (χ4v) is 4.17. The van der Waals surface area contributed by atoms with Gasteiger partial charge in [0, 0.05) is 17.4 Å². The maximum absolute atomic E-state index is 13.3. The van der Waals surface area contributed by atoms with E-state index in [0.29, 0.717) is 41.4 Å². The van der Waals surface area contributed by atoms with Gasteiger partial charge in [-0.1, -0.05) is 24.3 Å². The lowest BCUT2D eigenvalue weighted by molar-refractivity contribution is -0.130. The summed E-state index contributed by atoms with van der Waals surface area (Å²) in [6.07, 6.45) is 0.758. The number of nitrogens with zero attached hydrogens (tertiary/aromatic N) is 1. The minimum atomic E-state index is -1.33. The molecule has 8 heteroatoms. The zero-order chi connectivity index (χ0) is 22.5. The fourth-order valence-electron chi connectivity index (χ4n) is 4.17. The number of urea groups is 1. The quantitative estimate of drug-likeness (QED) is 0.498. The van der Waals surface area contributed by atoms with Crippen LogP contribution in [0.25, 0.3) is 11.0 Å². The van der Waals surface area contributed by atoms with Crippen LogP contribution in [0.3, 0.4) is 0 Å². The van der Waals surface area contributed by atoms with Crippen LogP contribution in [0, 0.1) is 6.92 Å². The third-order valence-electron chi connectivity index (χ3n) is 6.00. The van der Waals surface area contributed by atoms with Gasteiger partial charge in [-0.2, -0.15) is 0 Å². The zero-order valence-electron chi connectivity index (χ0n) is 17.8.